The van der Waals surface area contributed by atoms with Crippen molar-refractivity contribution in [3.05, 3.63) is 35.4 Å². The van der Waals surface area contributed by atoms with Gasteiger partial charge in [0.1, 0.15) is 6.04 Å². The van der Waals surface area contributed by atoms with Gasteiger partial charge in [-0.15, -0.1) is 0 Å². The van der Waals surface area contributed by atoms with E-state index in [4.69, 9.17) is 5.73 Å². The van der Waals surface area contributed by atoms with E-state index in [1.54, 1.807) is 0 Å². The molecule has 5 heteroatoms. The summed E-state index contributed by atoms with van der Waals surface area (Å²) >= 11 is 0. The number of carboxylic acids is 1. The van der Waals surface area contributed by atoms with Gasteiger partial charge in [0, 0.05) is 13.1 Å². The molecule has 1 aliphatic heterocycles. The van der Waals surface area contributed by atoms with Gasteiger partial charge in [-0.25, -0.2) is 4.79 Å². The fourth-order valence-corrected chi connectivity index (χ4v) is 2.86. The molecule has 1 saturated heterocycles. The molecule has 21 heavy (non-hydrogen) atoms. The quantitative estimate of drug-likeness (QED) is 0.881. The molecule has 1 fully saturated rings. The highest BCUT2D eigenvalue weighted by Gasteiger charge is 2.30. The Balaban J connectivity index is 2.15. The van der Waals surface area contributed by atoms with Gasteiger partial charge in [-0.3, -0.25) is 4.79 Å². The van der Waals surface area contributed by atoms with Gasteiger partial charge in [-0.2, -0.15) is 0 Å². The molecule has 0 saturated carbocycles. The average Bonchev–Trinajstić information content (AvgIpc) is 2.73. The Kier molecular flexibility index (Phi) is 5.33. The molecule has 0 radical (unpaired) electrons. The molecule has 2 rings (SSSR count). The molecule has 1 amide bonds. The van der Waals surface area contributed by atoms with Crippen molar-refractivity contribution in [3.8, 4) is 0 Å². The second kappa shape index (κ2) is 7.22. The van der Waals surface area contributed by atoms with Gasteiger partial charge >= 0.3 is 5.97 Å². The smallest absolute Gasteiger partial charge is 0.326 e. The first-order valence-corrected chi connectivity index (χ1v) is 7.42. The number of carbonyl (C=O) groups is 2. The minimum absolute atomic E-state index is 0.120. The van der Waals surface area contributed by atoms with Crippen LogP contribution in [-0.2, 0) is 22.6 Å². The number of hydrogen-bond donors (Lipinski definition) is 2. The number of carbonyl (C=O) groups excluding carboxylic acids is 1. The van der Waals surface area contributed by atoms with E-state index in [0.717, 1.165) is 30.4 Å². The van der Waals surface area contributed by atoms with Crippen molar-refractivity contribution in [1.29, 1.82) is 0 Å². The molecule has 3 N–H and O–H groups in total. The van der Waals surface area contributed by atoms with Crippen LogP contribution in [0.15, 0.2) is 24.3 Å². The molecule has 0 bridgehead atoms. The summed E-state index contributed by atoms with van der Waals surface area (Å²) < 4.78 is 0. The maximum absolute atomic E-state index is 12.5. The third-order valence-electron chi connectivity index (χ3n) is 4.04. The van der Waals surface area contributed by atoms with E-state index in [1.807, 2.05) is 24.3 Å². The zero-order chi connectivity index (χ0) is 15.2. The molecular formula is C16H22N2O3. The van der Waals surface area contributed by atoms with Crippen LogP contribution in [0.4, 0.5) is 0 Å². The van der Waals surface area contributed by atoms with Crippen molar-refractivity contribution in [3.63, 3.8) is 0 Å². The number of nitrogens with two attached hydrogens (primary N) is 1. The van der Waals surface area contributed by atoms with Crippen LogP contribution in [0.3, 0.4) is 0 Å². The fraction of sp³-hybridized carbons (Fsp3) is 0.500. The minimum atomic E-state index is -0.905. The highest BCUT2D eigenvalue weighted by Crippen LogP contribution is 2.19. The Bertz CT molecular complexity index is 516. The molecule has 1 atom stereocenters. The molecule has 1 aromatic rings. The lowest BCUT2D eigenvalue weighted by Gasteiger charge is -2.27. The molecule has 0 aliphatic carbocycles. The minimum Gasteiger partial charge on any atom is -0.480 e. The molecule has 1 aromatic carbocycles. The SMILES string of the molecule is NCc1ccccc1CC(=O)N1CCCCCC1C(=O)O. The highest BCUT2D eigenvalue weighted by atomic mass is 16.4. The third kappa shape index (κ3) is 3.82. The summed E-state index contributed by atoms with van der Waals surface area (Å²) in [6.45, 7) is 0.909. The predicted octanol–water partition coefficient (Wildman–Crippen LogP) is 1.54. The molecule has 114 valence electrons. The summed E-state index contributed by atoms with van der Waals surface area (Å²) in [5.41, 5.74) is 7.51. The van der Waals surface area contributed by atoms with E-state index in [2.05, 4.69) is 0 Å². The van der Waals surface area contributed by atoms with E-state index in [0.29, 0.717) is 19.5 Å². The van der Waals surface area contributed by atoms with Gasteiger partial charge in [-0.05, 0) is 24.0 Å². The summed E-state index contributed by atoms with van der Waals surface area (Å²) in [4.78, 5) is 25.4. The van der Waals surface area contributed by atoms with Crippen LogP contribution in [0.2, 0.25) is 0 Å². The van der Waals surface area contributed by atoms with Crippen LogP contribution in [0.25, 0.3) is 0 Å². The van der Waals surface area contributed by atoms with E-state index in [1.165, 1.54) is 4.90 Å². The molecule has 0 aromatic heterocycles. The maximum atomic E-state index is 12.5. The van der Waals surface area contributed by atoms with Crippen LogP contribution >= 0.6 is 0 Å². The lowest BCUT2D eigenvalue weighted by atomic mass is 10.0. The number of amides is 1. The fourth-order valence-electron chi connectivity index (χ4n) is 2.86. The van der Waals surface area contributed by atoms with Gasteiger partial charge in [0.25, 0.3) is 0 Å². The summed E-state index contributed by atoms with van der Waals surface area (Å²) in [6, 6.07) is 6.86. The first kappa shape index (κ1) is 15.5. The first-order valence-electron chi connectivity index (χ1n) is 7.42. The summed E-state index contributed by atoms with van der Waals surface area (Å²) in [5.74, 6) is -1.03. The number of likely N-dealkylation sites (tertiary alicyclic amines) is 1. The van der Waals surface area contributed by atoms with Crippen molar-refractivity contribution in [2.75, 3.05) is 6.54 Å². The van der Waals surface area contributed by atoms with E-state index < -0.39 is 12.0 Å². The van der Waals surface area contributed by atoms with Crippen LogP contribution in [0.5, 0.6) is 0 Å². The normalized spacial score (nSPS) is 19.1. The number of aliphatic carboxylic acids is 1. The second-order valence-corrected chi connectivity index (χ2v) is 5.44. The van der Waals surface area contributed by atoms with Gasteiger partial charge < -0.3 is 15.7 Å². The highest BCUT2D eigenvalue weighted by molar-refractivity contribution is 5.85. The molecule has 5 nitrogen and oxygen atoms in total. The summed E-state index contributed by atoms with van der Waals surface area (Å²) in [7, 11) is 0. The molecule has 1 heterocycles. The zero-order valence-electron chi connectivity index (χ0n) is 12.1. The molecule has 0 spiro atoms. The first-order chi connectivity index (χ1) is 10.1. The lowest BCUT2D eigenvalue weighted by Crippen LogP contribution is -2.45. The topological polar surface area (TPSA) is 83.6 Å². The Morgan fingerprint density at radius 1 is 1.19 bits per heavy atom. The van der Waals surface area contributed by atoms with Gasteiger partial charge in [0.05, 0.1) is 6.42 Å². The van der Waals surface area contributed by atoms with Crippen molar-refractivity contribution in [2.45, 2.75) is 44.7 Å². The van der Waals surface area contributed by atoms with Gasteiger partial charge in [0.15, 0.2) is 0 Å². The average molecular weight is 290 g/mol. The van der Waals surface area contributed by atoms with Crippen LogP contribution in [0, 0.1) is 0 Å². The predicted molar refractivity (Wildman–Crippen MR) is 79.6 cm³/mol. The number of hydrogen-bond acceptors (Lipinski definition) is 3. The summed E-state index contributed by atoms with van der Waals surface area (Å²) in [6.07, 6.45) is 3.47. The second-order valence-electron chi connectivity index (χ2n) is 5.44. The van der Waals surface area contributed by atoms with Crippen molar-refractivity contribution < 1.29 is 14.7 Å². The Hall–Kier alpha value is -1.88. The van der Waals surface area contributed by atoms with E-state index in [-0.39, 0.29) is 12.3 Å². The van der Waals surface area contributed by atoms with Gasteiger partial charge in [-0.1, -0.05) is 37.1 Å². The van der Waals surface area contributed by atoms with E-state index in [9.17, 15) is 14.7 Å². The van der Waals surface area contributed by atoms with Crippen molar-refractivity contribution >= 4 is 11.9 Å². The Morgan fingerprint density at radius 3 is 2.57 bits per heavy atom. The zero-order valence-corrected chi connectivity index (χ0v) is 12.1. The third-order valence-corrected chi connectivity index (χ3v) is 4.04. The standard InChI is InChI=1S/C16H22N2O3/c17-11-13-7-4-3-6-12(13)10-15(19)18-9-5-1-2-8-14(18)16(20)21/h3-4,6-7,14H,1-2,5,8-11,17H2,(H,20,21). The lowest BCUT2D eigenvalue weighted by molar-refractivity contribution is -0.150. The van der Waals surface area contributed by atoms with Crippen LogP contribution < -0.4 is 5.73 Å². The largest absolute Gasteiger partial charge is 0.480 e. The van der Waals surface area contributed by atoms with Crippen molar-refractivity contribution in [1.82, 2.24) is 4.90 Å². The number of benzene rings is 1. The Labute approximate surface area is 124 Å². The monoisotopic (exact) mass is 290 g/mol. The van der Waals surface area contributed by atoms with Gasteiger partial charge in [0.2, 0.25) is 5.91 Å². The molecule has 1 unspecified atom stereocenters. The number of nitrogens with zero attached hydrogens (tertiary/aromatic N) is 1. The molecular weight excluding hydrogens is 268 g/mol. The summed E-state index contributed by atoms with van der Waals surface area (Å²) in [5, 5.41) is 9.34. The Morgan fingerprint density at radius 2 is 1.90 bits per heavy atom. The van der Waals surface area contributed by atoms with E-state index >= 15 is 0 Å². The maximum Gasteiger partial charge on any atom is 0.326 e. The number of rotatable bonds is 4. The van der Waals surface area contributed by atoms with Crippen molar-refractivity contribution in [2.24, 2.45) is 5.73 Å². The number of carboxylic acid groups (broad SMARTS) is 1. The van der Waals surface area contributed by atoms with Crippen LogP contribution in [0.1, 0.15) is 36.8 Å². The van der Waals surface area contributed by atoms with Crippen LogP contribution in [-0.4, -0.2) is 34.5 Å². The molecule has 1 aliphatic rings.